The van der Waals surface area contributed by atoms with Crippen LogP contribution in [0.4, 0.5) is 0 Å². The lowest BCUT2D eigenvalue weighted by Gasteiger charge is -2.28. The van der Waals surface area contributed by atoms with Crippen LogP contribution in [0.1, 0.15) is 34.8 Å². The first kappa shape index (κ1) is 19.5. The van der Waals surface area contributed by atoms with Gasteiger partial charge in [-0.15, -0.1) is 0 Å². The Morgan fingerprint density at radius 1 is 1.15 bits per heavy atom. The van der Waals surface area contributed by atoms with E-state index in [1.807, 2.05) is 18.2 Å². The van der Waals surface area contributed by atoms with Gasteiger partial charge in [0.15, 0.2) is 0 Å². The van der Waals surface area contributed by atoms with Gasteiger partial charge in [-0.25, -0.2) is 0 Å². The highest BCUT2D eigenvalue weighted by molar-refractivity contribution is 6.30. The van der Waals surface area contributed by atoms with Crippen molar-refractivity contribution in [2.75, 3.05) is 33.9 Å². The number of likely N-dealkylation sites (tertiary alicyclic amines) is 1. The predicted octanol–water partition coefficient (Wildman–Crippen LogP) is 3.92. The first-order valence-corrected chi connectivity index (χ1v) is 9.50. The van der Waals surface area contributed by atoms with E-state index in [0.29, 0.717) is 28.6 Å². The van der Waals surface area contributed by atoms with Crippen LogP contribution in [-0.4, -0.2) is 44.7 Å². The summed E-state index contributed by atoms with van der Waals surface area (Å²) >= 11 is 6.19. The molecule has 144 valence electrons. The second-order valence-electron chi connectivity index (χ2n) is 6.59. The third kappa shape index (κ3) is 4.73. The molecule has 1 heterocycles. The van der Waals surface area contributed by atoms with E-state index < -0.39 is 0 Å². The normalized spacial score (nSPS) is 15.4. The van der Waals surface area contributed by atoms with E-state index in [1.54, 1.807) is 32.4 Å². The molecule has 0 aromatic heterocycles. The van der Waals surface area contributed by atoms with Gasteiger partial charge in [0, 0.05) is 11.6 Å². The summed E-state index contributed by atoms with van der Waals surface area (Å²) in [5.41, 5.74) is 1.57. The van der Waals surface area contributed by atoms with Crippen LogP contribution in [0, 0.1) is 0 Å². The minimum atomic E-state index is -0.183. The Hall–Kier alpha value is -2.24. The SMILES string of the molecule is COc1ccc(OC)c(C(=O)NCC(c2cccc(Cl)c2)N2CCCC2)c1. The smallest absolute Gasteiger partial charge is 0.255 e. The Balaban J connectivity index is 1.78. The van der Waals surface area contributed by atoms with Crippen molar-refractivity contribution in [3.8, 4) is 11.5 Å². The number of nitrogens with one attached hydrogen (secondary N) is 1. The zero-order valence-corrected chi connectivity index (χ0v) is 16.5. The molecule has 0 spiro atoms. The quantitative estimate of drug-likeness (QED) is 0.780. The topological polar surface area (TPSA) is 50.8 Å². The molecule has 5 nitrogen and oxygen atoms in total. The first-order chi connectivity index (χ1) is 13.1. The standard InChI is InChI=1S/C21H25ClN2O3/c1-26-17-8-9-20(27-2)18(13-17)21(25)23-14-19(24-10-3-4-11-24)15-6-5-7-16(22)12-15/h5-9,12-13,19H,3-4,10-11,14H2,1-2H3,(H,23,25). The Bertz CT molecular complexity index is 791. The molecular weight excluding hydrogens is 364 g/mol. The highest BCUT2D eigenvalue weighted by Crippen LogP contribution is 2.27. The Morgan fingerprint density at radius 3 is 2.59 bits per heavy atom. The van der Waals surface area contributed by atoms with Gasteiger partial charge >= 0.3 is 0 Å². The summed E-state index contributed by atoms with van der Waals surface area (Å²) in [5, 5.41) is 3.77. The number of methoxy groups -OCH3 is 2. The van der Waals surface area contributed by atoms with Crippen LogP contribution in [0.25, 0.3) is 0 Å². The van der Waals surface area contributed by atoms with Crippen LogP contribution in [0.15, 0.2) is 42.5 Å². The van der Waals surface area contributed by atoms with Crippen LogP contribution in [0.5, 0.6) is 11.5 Å². The molecule has 2 aromatic carbocycles. The first-order valence-electron chi connectivity index (χ1n) is 9.12. The third-order valence-corrected chi connectivity index (χ3v) is 5.16. The monoisotopic (exact) mass is 388 g/mol. The van der Waals surface area contributed by atoms with Crippen LogP contribution >= 0.6 is 11.6 Å². The molecule has 6 heteroatoms. The van der Waals surface area contributed by atoms with E-state index in [1.165, 1.54) is 12.8 Å². The van der Waals surface area contributed by atoms with Gasteiger partial charge < -0.3 is 14.8 Å². The Labute approximate surface area is 165 Å². The van der Waals surface area contributed by atoms with Crippen LogP contribution < -0.4 is 14.8 Å². The van der Waals surface area contributed by atoms with Gasteiger partial charge in [-0.3, -0.25) is 9.69 Å². The van der Waals surface area contributed by atoms with Crippen molar-refractivity contribution in [2.24, 2.45) is 0 Å². The summed E-state index contributed by atoms with van der Waals surface area (Å²) < 4.78 is 10.6. The average Bonchev–Trinajstić information content (AvgIpc) is 3.22. The van der Waals surface area contributed by atoms with Crippen molar-refractivity contribution >= 4 is 17.5 Å². The molecule has 1 unspecified atom stereocenters. The van der Waals surface area contributed by atoms with E-state index in [9.17, 15) is 4.79 Å². The molecule has 1 fully saturated rings. The van der Waals surface area contributed by atoms with Gasteiger partial charge in [0.25, 0.3) is 5.91 Å². The number of hydrogen-bond donors (Lipinski definition) is 1. The fourth-order valence-corrected chi connectivity index (χ4v) is 3.70. The summed E-state index contributed by atoms with van der Waals surface area (Å²) in [6.07, 6.45) is 2.35. The number of hydrogen-bond acceptors (Lipinski definition) is 4. The average molecular weight is 389 g/mol. The second-order valence-corrected chi connectivity index (χ2v) is 7.03. The van der Waals surface area contributed by atoms with E-state index in [-0.39, 0.29) is 11.9 Å². The van der Waals surface area contributed by atoms with Gasteiger partial charge in [-0.2, -0.15) is 0 Å². The maximum Gasteiger partial charge on any atom is 0.255 e. The van der Waals surface area contributed by atoms with Crippen LogP contribution in [-0.2, 0) is 0 Å². The van der Waals surface area contributed by atoms with E-state index in [4.69, 9.17) is 21.1 Å². The number of amides is 1. The minimum Gasteiger partial charge on any atom is -0.497 e. The molecule has 1 amide bonds. The van der Waals surface area contributed by atoms with Crippen molar-refractivity contribution in [2.45, 2.75) is 18.9 Å². The number of rotatable bonds is 7. The summed E-state index contributed by atoms with van der Waals surface area (Å²) in [4.78, 5) is 15.2. The number of benzene rings is 2. The van der Waals surface area contributed by atoms with Crippen molar-refractivity contribution in [1.29, 1.82) is 0 Å². The van der Waals surface area contributed by atoms with Gasteiger partial charge in [-0.05, 0) is 61.8 Å². The van der Waals surface area contributed by atoms with Crippen LogP contribution in [0.3, 0.4) is 0 Å². The number of nitrogens with zero attached hydrogens (tertiary/aromatic N) is 1. The summed E-state index contributed by atoms with van der Waals surface area (Å²) in [5.74, 6) is 0.956. The maximum atomic E-state index is 12.8. The van der Waals surface area contributed by atoms with E-state index in [0.717, 1.165) is 18.7 Å². The van der Waals surface area contributed by atoms with E-state index >= 15 is 0 Å². The molecule has 3 rings (SSSR count). The molecular formula is C21H25ClN2O3. The van der Waals surface area contributed by atoms with Crippen molar-refractivity contribution in [1.82, 2.24) is 10.2 Å². The van der Waals surface area contributed by atoms with Gasteiger partial charge in [0.1, 0.15) is 11.5 Å². The molecule has 1 atom stereocenters. The molecule has 1 N–H and O–H groups in total. The van der Waals surface area contributed by atoms with Crippen molar-refractivity contribution in [3.63, 3.8) is 0 Å². The zero-order valence-electron chi connectivity index (χ0n) is 15.7. The highest BCUT2D eigenvalue weighted by Gasteiger charge is 2.25. The third-order valence-electron chi connectivity index (χ3n) is 4.92. The van der Waals surface area contributed by atoms with Crippen molar-refractivity contribution < 1.29 is 14.3 Å². The Kier molecular flexibility index (Phi) is 6.58. The lowest BCUT2D eigenvalue weighted by Crippen LogP contribution is -2.37. The summed E-state index contributed by atoms with van der Waals surface area (Å²) in [7, 11) is 3.13. The summed E-state index contributed by atoms with van der Waals surface area (Å²) in [6.45, 7) is 2.55. The molecule has 27 heavy (non-hydrogen) atoms. The van der Waals surface area contributed by atoms with E-state index in [2.05, 4.69) is 16.3 Å². The molecule has 0 bridgehead atoms. The number of ether oxygens (including phenoxy) is 2. The van der Waals surface area contributed by atoms with Crippen LogP contribution in [0.2, 0.25) is 5.02 Å². The van der Waals surface area contributed by atoms with Gasteiger partial charge in [-0.1, -0.05) is 23.7 Å². The predicted molar refractivity (Wildman–Crippen MR) is 107 cm³/mol. The second kappa shape index (κ2) is 9.11. The zero-order chi connectivity index (χ0) is 19.2. The molecule has 2 aromatic rings. The molecule has 0 radical (unpaired) electrons. The highest BCUT2D eigenvalue weighted by atomic mass is 35.5. The number of halogens is 1. The maximum absolute atomic E-state index is 12.8. The molecule has 1 aliphatic rings. The van der Waals surface area contributed by atoms with Gasteiger partial charge in [0.2, 0.25) is 0 Å². The van der Waals surface area contributed by atoms with Crippen molar-refractivity contribution in [3.05, 3.63) is 58.6 Å². The molecule has 1 saturated heterocycles. The molecule has 1 aliphatic heterocycles. The molecule has 0 aliphatic carbocycles. The lowest BCUT2D eigenvalue weighted by molar-refractivity contribution is 0.0934. The Morgan fingerprint density at radius 2 is 1.93 bits per heavy atom. The fraction of sp³-hybridized carbons (Fsp3) is 0.381. The molecule has 0 saturated carbocycles. The van der Waals surface area contributed by atoms with Gasteiger partial charge in [0.05, 0.1) is 25.8 Å². The number of carbonyl (C=O) groups is 1. The summed E-state index contributed by atoms with van der Waals surface area (Å²) in [6, 6.07) is 13.2. The lowest BCUT2D eigenvalue weighted by atomic mass is 10.1. The largest absolute Gasteiger partial charge is 0.497 e. The minimum absolute atomic E-state index is 0.0896. The fourth-order valence-electron chi connectivity index (χ4n) is 3.50. The number of carbonyl (C=O) groups excluding carboxylic acids is 1.